The van der Waals surface area contributed by atoms with Gasteiger partial charge in [0.2, 0.25) is 0 Å². The van der Waals surface area contributed by atoms with Crippen molar-refractivity contribution in [3.63, 3.8) is 0 Å². The summed E-state index contributed by atoms with van der Waals surface area (Å²) in [6, 6.07) is 6.56. The zero-order valence-electron chi connectivity index (χ0n) is 10.9. The summed E-state index contributed by atoms with van der Waals surface area (Å²) in [5, 5.41) is 20.2. The van der Waals surface area contributed by atoms with Crippen molar-refractivity contribution in [1.82, 2.24) is 0 Å². The van der Waals surface area contributed by atoms with Gasteiger partial charge < -0.3 is 5.11 Å². The third kappa shape index (κ3) is 3.22. The predicted octanol–water partition coefficient (Wildman–Crippen LogP) is 4.88. The first-order valence-corrected chi connectivity index (χ1v) is 7.10. The fourth-order valence-corrected chi connectivity index (χ4v) is 2.53. The Balaban J connectivity index is 2.69. The SMILES string of the molecule is O=[N+]([O-])c1ccc(-c2ccc(O)cc2C(F)(F)F)c(CBr)c1. The van der Waals surface area contributed by atoms with E-state index in [0.717, 1.165) is 18.2 Å². The highest BCUT2D eigenvalue weighted by Gasteiger charge is 2.34. The summed E-state index contributed by atoms with van der Waals surface area (Å²) < 4.78 is 39.4. The number of phenolic OH excluding ortho intramolecular Hbond substituents is 1. The van der Waals surface area contributed by atoms with E-state index in [4.69, 9.17) is 0 Å². The number of nitro groups is 1. The number of alkyl halides is 4. The summed E-state index contributed by atoms with van der Waals surface area (Å²) in [5.74, 6) is -0.502. The molecular weight excluding hydrogens is 367 g/mol. The van der Waals surface area contributed by atoms with Crippen LogP contribution in [0, 0.1) is 10.1 Å². The lowest BCUT2D eigenvalue weighted by molar-refractivity contribution is -0.384. The van der Waals surface area contributed by atoms with Gasteiger partial charge in [-0.3, -0.25) is 10.1 Å². The number of hydrogen-bond acceptors (Lipinski definition) is 3. The number of halogens is 4. The van der Waals surface area contributed by atoms with Crippen molar-refractivity contribution in [2.45, 2.75) is 11.5 Å². The van der Waals surface area contributed by atoms with E-state index in [9.17, 15) is 28.4 Å². The molecule has 0 aliphatic carbocycles. The first-order valence-electron chi connectivity index (χ1n) is 5.98. The molecule has 4 nitrogen and oxygen atoms in total. The molecule has 0 aliphatic heterocycles. The molecule has 0 saturated heterocycles. The molecule has 0 amide bonds. The van der Waals surface area contributed by atoms with Crippen LogP contribution in [-0.4, -0.2) is 10.0 Å². The fraction of sp³-hybridized carbons (Fsp3) is 0.143. The highest BCUT2D eigenvalue weighted by Crippen LogP contribution is 2.40. The third-order valence-electron chi connectivity index (χ3n) is 3.04. The highest BCUT2D eigenvalue weighted by atomic mass is 79.9. The van der Waals surface area contributed by atoms with Crippen LogP contribution in [0.3, 0.4) is 0 Å². The summed E-state index contributed by atoms with van der Waals surface area (Å²) in [6.07, 6.45) is -4.65. The number of nitrogens with zero attached hydrogens (tertiary/aromatic N) is 1. The van der Waals surface area contributed by atoms with Gasteiger partial charge in [-0.25, -0.2) is 0 Å². The lowest BCUT2D eigenvalue weighted by atomic mass is 9.95. The van der Waals surface area contributed by atoms with E-state index in [1.54, 1.807) is 0 Å². The number of aromatic hydroxyl groups is 1. The van der Waals surface area contributed by atoms with Crippen LogP contribution in [0.1, 0.15) is 11.1 Å². The molecule has 0 fully saturated rings. The summed E-state index contributed by atoms with van der Waals surface area (Å²) in [6.45, 7) is 0. The van der Waals surface area contributed by atoms with Gasteiger partial charge in [-0.05, 0) is 34.9 Å². The molecular formula is C14H9BrF3NO3. The molecule has 0 atom stereocenters. The van der Waals surface area contributed by atoms with Gasteiger partial charge in [0.1, 0.15) is 5.75 Å². The molecule has 116 valence electrons. The standard InChI is InChI=1S/C14H9BrF3NO3/c15-7-8-5-9(19(21)22)1-3-11(8)12-4-2-10(20)6-13(12)14(16,17)18/h1-6,20H,7H2. The average molecular weight is 376 g/mol. The van der Waals surface area contributed by atoms with Crippen LogP contribution in [0.4, 0.5) is 18.9 Å². The van der Waals surface area contributed by atoms with Crippen molar-refractivity contribution in [2.75, 3.05) is 0 Å². The second-order valence-corrected chi connectivity index (χ2v) is 5.02. The van der Waals surface area contributed by atoms with Crippen molar-refractivity contribution < 1.29 is 23.2 Å². The largest absolute Gasteiger partial charge is 0.508 e. The van der Waals surface area contributed by atoms with Crippen molar-refractivity contribution >= 4 is 21.6 Å². The van der Waals surface area contributed by atoms with Crippen LogP contribution in [0.25, 0.3) is 11.1 Å². The number of benzene rings is 2. The van der Waals surface area contributed by atoms with Crippen LogP contribution in [0.15, 0.2) is 36.4 Å². The normalized spacial score (nSPS) is 11.5. The molecule has 2 aromatic carbocycles. The van der Waals surface area contributed by atoms with Crippen molar-refractivity contribution in [3.8, 4) is 16.9 Å². The summed E-state index contributed by atoms with van der Waals surface area (Å²) in [5.41, 5.74) is -0.774. The summed E-state index contributed by atoms with van der Waals surface area (Å²) >= 11 is 3.13. The Bertz CT molecular complexity index is 732. The molecule has 2 rings (SSSR count). The Morgan fingerprint density at radius 3 is 2.32 bits per heavy atom. The second kappa shape index (κ2) is 5.96. The van der Waals surface area contributed by atoms with Gasteiger partial charge in [-0.15, -0.1) is 0 Å². The molecule has 0 aliphatic rings. The first kappa shape index (κ1) is 16.3. The van der Waals surface area contributed by atoms with Crippen LogP contribution >= 0.6 is 15.9 Å². The Hall–Kier alpha value is -2.09. The first-order chi connectivity index (χ1) is 10.2. The molecule has 0 bridgehead atoms. The Morgan fingerprint density at radius 1 is 1.14 bits per heavy atom. The van der Waals surface area contributed by atoms with E-state index in [-0.39, 0.29) is 22.1 Å². The number of phenols is 1. The molecule has 8 heteroatoms. The summed E-state index contributed by atoms with van der Waals surface area (Å²) in [4.78, 5) is 10.2. The minimum absolute atomic E-state index is 0.144. The van der Waals surface area contributed by atoms with Gasteiger partial charge in [-0.1, -0.05) is 22.0 Å². The summed E-state index contributed by atoms with van der Waals surface area (Å²) in [7, 11) is 0. The van der Waals surface area contributed by atoms with Crippen LogP contribution < -0.4 is 0 Å². The highest BCUT2D eigenvalue weighted by molar-refractivity contribution is 9.08. The fourth-order valence-electron chi connectivity index (χ4n) is 2.07. The van der Waals surface area contributed by atoms with Gasteiger partial charge in [0.05, 0.1) is 10.5 Å². The maximum atomic E-state index is 13.1. The van der Waals surface area contributed by atoms with Gasteiger partial charge in [0.15, 0.2) is 0 Å². The molecule has 0 unspecified atom stereocenters. The van der Waals surface area contributed by atoms with Crippen molar-refractivity contribution in [1.29, 1.82) is 0 Å². The molecule has 0 aromatic heterocycles. The lowest BCUT2D eigenvalue weighted by Crippen LogP contribution is -2.07. The molecule has 0 spiro atoms. The van der Waals surface area contributed by atoms with Crippen molar-refractivity contribution in [2.24, 2.45) is 0 Å². The number of hydrogen-bond donors (Lipinski definition) is 1. The monoisotopic (exact) mass is 375 g/mol. The van der Waals surface area contributed by atoms with E-state index >= 15 is 0 Å². The number of nitro benzene ring substituents is 1. The minimum Gasteiger partial charge on any atom is -0.508 e. The third-order valence-corrected chi connectivity index (χ3v) is 3.65. The number of non-ortho nitro benzene ring substituents is 1. The van der Waals surface area contributed by atoms with E-state index in [1.165, 1.54) is 12.1 Å². The van der Waals surface area contributed by atoms with Gasteiger partial charge in [-0.2, -0.15) is 13.2 Å². The molecule has 0 heterocycles. The molecule has 22 heavy (non-hydrogen) atoms. The van der Waals surface area contributed by atoms with Crippen molar-refractivity contribution in [3.05, 3.63) is 57.6 Å². The quantitative estimate of drug-likeness (QED) is 0.472. The Kier molecular flexibility index (Phi) is 4.41. The van der Waals surface area contributed by atoms with Gasteiger partial charge in [0, 0.05) is 17.5 Å². The molecule has 0 saturated carbocycles. The predicted molar refractivity (Wildman–Crippen MR) is 77.8 cm³/mol. The number of rotatable bonds is 3. The zero-order valence-corrected chi connectivity index (χ0v) is 12.5. The molecule has 1 N–H and O–H groups in total. The minimum atomic E-state index is -4.65. The maximum absolute atomic E-state index is 13.1. The van der Waals surface area contributed by atoms with Gasteiger partial charge in [0.25, 0.3) is 5.69 Å². The van der Waals surface area contributed by atoms with E-state index in [2.05, 4.69) is 15.9 Å². The van der Waals surface area contributed by atoms with Crippen LogP contribution in [0.2, 0.25) is 0 Å². The lowest BCUT2D eigenvalue weighted by Gasteiger charge is -2.15. The molecule has 0 radical (unpaired) electrons. The van der Waals surface area contributed by atoms with E-state index in [0.29, 0.717) is 11.6 Å². The maximum Gasteiger partial charge on any atom is 0.417 e. The van der Waals surface area contributed by atoms with E-state index < -0.39 is 22.4 Å². The average Bonchev–Trinajstić information content (AvgIpc) is 2.45. The molecule has 2 aromatic rings. The van der Waals surface area contributed by atoms with Crippen LogP contribution in [-0.2, 0) is 11.5 Å². The van der Waals surface area contributed by atoms with Gasteiger partial charge >= 0.3 is 6.18 Å². The zero-order chi connectivity index (χ0) is 16.5. The Morgan fingerprint density at radius 2 is 1.77 bits per heavy atom. The van der Waals surface area contributed by atoms with E-state index in [1.807, 2.05) is 0 Å². The second-order valence-electron chi connectivity index (χ2n) is 4.46. The topological polar surface area (TPSA) is 63.4 Å². The Labute approximate surface area is 131 Å². The van der Waals surface area contributed by atoms with Crippen LogP contribution in [0.5, 0.6) is 5.75 Å². The smallest absolute Gasteiger partial charge is 0.417 e.